The third-order valence-electron chi connectivity index (χ3n) is 9.74. The molecule has 14 nitrogen and oxygen atoms in total. The molecule has 1 fully saturated rings. The maximum absolute atomic E-state index is 12.7. The van der Waals surface area contributed by atoms with E-state index in [9.17, 15) is 38.8 Å². The van der Waals surface area contributed by atoms with Gasteiger partial charge >= 0.3 is 26.2 Å². The van der Waals surface area contributed by atoms with E-state index in [0.29, 0.717) is 43.0 Å². The van der Waals surface area contributed by atoms with Gasteiger partial charge in [-0.1, -0.05) is 143 Å². The van der Waals surface area contributed by atoms with Crippen molar-refractivity contribution in [2.75, 3.05) is 13.1 Å². The lowest BCUT2D eigenvalue weighted by molar-refractivity contribution is -0.147. The minimum atomic E-state index is -1.54. The molecular weight excluding hydrogens is 1060 g/mol. The summed E-state index contributed by atoms with van der Waals surface area (Å²) in [5, 5.41) is 41.8. The van der Waals surface area contributed by atoms with E-state index in [2.05, 4.69) is 42.5 Å². The molecule has 0 saturated carbocycles. The summed E-state index contributed by atoms with van der Waals surface area (Å²) in [6.45, 7) is 7.61. The Morgan fingerprint density at radius 3 is 1.64 bits per heavy atom. The van der Waals surface area contributed by atoms with E-state index in [-0.39, 0.29) is 79.8 Å². The van der Waals surface area contributed by atoms with Gasteiger partial charge in [0.15, 0.2) is 23.8 Å². The van der Waals surface area contributed by atoms with Gasteiger partial charge in [0.1, 0.15) is 0 Å². The minimum Gasteiger partial charge on any atom is -0.507 e. The molecule has 1 aliphatic heterocycles. The molecule has 0 radical (unpaired) electrons. The average molecular weight is 1110 g/mol. The lowest BCUT2D eigenvalue weighted by atomic mass is 9.65. The van der Waals surface area contributed by atoms with Gasteiger partial charge in [0.25, 0.3) is 11.8 Å². The number of amides is 2. The van der Waals surface area contributed by atoms with Crippen molar-refractivity contribution in [1.82, 2.24) is 10.6 Å². The highest BCUT2D eigenvalue weighted by Gasteiger charge is 2.46. The van der Waals surface area contributed by atoms with E-state index in [1.54, 1.807) is 78.9 Å². The Hall–Kier alpha value is -4.04. The highest BCUT2D eigenvalue weighted by molar-refractivity contribution is 9.10. The van der Waals surface area contributed by atoms with Crippen LogP contribution in [0.15, 0.2) is 106 Å². The van der Waals surface area contributed by atoms with Crippen LogP contribution < -0.4 is 10.6 Å². The number of aliphatic hydroxyl groups is 1. The van der Waals surface area contributed by atoms with Crippen molar-refractivity contribution >= 4 is 118 Å². The number of nitrogens with one attached hydrogen (secondary N) is 2. The summed E-state index contributed by atoms with van der Waals surface area (Å²) in [5.41, 5.74) is 1.67. The fourth-order valence-corrected chi connectivity index (χ4v) is 7.78. The SMILES string of the molecule is CC(C)C[C@H](CC(=O)CNC(=O)c1cc(Br)ccc1Cl)B(O)O.CC(C)C[C@H](CC(=O)CNC(=O)c1cc(Br)ccc1Cl)B1OC(=O)[C@H](c2ccccc2)O1.O=C(O)[C@@H](O)c1ccccc1.S. The molecule has 1 heterocycles. The Bertz CT molecular complexity index is 2270. The molecule has 1 aliphatic rings. The van der Waals surface area contributed by atoms with Crippen LogP contribution in [-0.2, 0) is 28.5 Å². The van der Waals surface area contributed by atoms with Crippen LogP contribution in [0.2, 0.25) is 21.7 Å². The van der Waals surface area contributed by atoms with Crippen molar-refractivity contribution in [3.63, 3.8) is 0 Å². The van der Waals surface area contributed by atoms with Gasteiger partial charge in [-0.3, -0.25) is 24.0 Å². The number of hydrogen-bond acceptors (Lipinski definition) is 11. The van der Waals surface area contributed by atoms with E-state index in [1.165, 1.54) is 0 Å². The van der Waals surface area contributed by atoms with Crippen molar-refractivity contribution < 1.29 is 58.3 Å². The number of benzene rings is 4. The number of carboxylic acid groups (broad SMARTS) is 1. The van der Waals surface area contributed by atoms with Crippen molar-refractivity contribution in [3.8, 4) is 0 Å². The van der Waals surface area contributed by atoms with Crippen LogP contribution >= 0.6 is 68.6 Å². The molecule has 360 valence electrons. The van der Waals surface area contributed by atoms with Crippen LogP contribution in [0, 0.1) is 11.8 Å². The molecule has 6 N–H and O–H groups in total. The molecule has 67 heavy (non-hydrogen) atoms. The van der Waals surface area contributed by atoms with Gasteiger partial charge in [-0.2, -0.15) is 13.5 Å². The lowest BCUT2D eigenvalue weighted by Crippen LogP contribution is -2.33. The van der Waals surface area contributed by atoms with Gasteiger partial charge < -0.3 is 40.2 Å². The zero-order chi connectivity index (χ0) is 49.1. The van der Waals surface area contributed by atoms with Crippen LogP contribution in [-0.4, -0.2) is 82.9 Å². The molecule has 0 bridgehead atoms. The fourth-order valence-electron chi connectivity index (χ4n) is 6.65. The smallest absolute Gasteiger partial charge is 0.507 e. The largest absolute Gasteiger partial charge is 0.531 e. The first kappa shape index (κ1) is 59.1. The Morgan fingerprint density at radius 1 is 0.731 bits per heavy atom. The van der Waals surface area contributed by atoms with Gasteiger partial charge in [-0.05, 0) is 72.2 Å². The Kier molecular flexibility index (Phi) is 26.2. The molecule has 0 aromatic heterocycles. The molecule has 4 aromatic carbocycles. The third kappa shape index (κ3) is 20.6. The monoisotopic (exact) mass is 1110 g/mol. The van der Waals surface area contributed by atoms with E-state index >= 15 is 0 Å². The molecule has 5 rings (SSSR count). The summed E-state index contributed by atoms with van der Waals surface area (Å²) in [6, 6.07) is 27.2. The van der Waals surface area contributed by atoms with E-state index < -0.39 is 56.0 Å². The summed E-state index contributed by atoms with van der Waals surface area (Å²) >= 11 is 18.6. The Balaban J connectivity index is 0.000000383. The second-order valence-electron chi connectivity index (χ2n) is 16.2. The maximum atomic E-state index is 12.7. The number of ketones is 2. The van der Waals surface area contributed by atoms with E-state index in [0.717, 1.165) is 0 Å². The zero-order valence-electron chi connectivity index (χ0n) is 37.2. The van der Waals surface area contributed by atoms with Crippen LogP contribution in [0.1, 0.15) is 97.4 Å². The van der Waals surface area contributed by atoms with Crippen molar-refractivity contribution in [3.05, 3.63) is 138 Å². The van der Waals surface area contributed by atoms with Gasteiger partial charge in [0, 0.05) is 33.4 Å². The van der Waals surface area contributed by atoms with E-state index in [4.69, 9.17) is 42.7 Å². The maximum Gasteiger partial charge on any atom is 0.531 e. The molecular formula is C46H54B2Br2Cl2N2O12S. The molecule has 2 amide bonds. The topological polar surface area (TPSA) is 226 Å². The standard InChI is InChI=1S/C23H24BBrClNO5.C15H20BBrClNO4.C8H8O3.H2S/c1-14(2)10-16(24-31-21(23(30)32-24)15-6-4-3-5-7-15)11-18(28)13-27-22(29)19-12-17(25)8-9-20(19)26;1-9(2)5-10(16(22)23)6-12(20)8-19-15(21)13-7-11(17)3-4-14(13)18;9-7(8(10)11)6-4-2-1-3-5-6;/h3-9,12,14,16,21H,10-11,13H2,1-2H3,(H,27,29);3-4,7,9-10,22-23H,5-6,8H2,1-2H3,(H,19,21);1-5,7,9H,(H,10,11);1H2/t16-,21+;10-;7-;/m110./s1. The summed E-state index contributed by atoms with van der Waals surface area (Å²) in [6.07, 6.45) is -0.932. The quantitative estimate of drug-likeness (QED) is 0.0486. The van der Waals surface area contributed by atoms with Gasteiger partial charge in [-0.15, -0.1) is 0 Å². The summed E-state index contributed by atoms with van der Waals surface area (Å²) in [5.74, 6) is -3.35. The number of aliphatic hydroxyl groups excluding tert-OH is 1. The number of carboxylic acids is 1. The van der Waals surface area contributed by atoms with Crippen molar-refractivity contribution in [2.24, 2.45) is 11.8 Å². The number of aliphatic carboxylic acids is 1. The number of halogens is 4. The Morgan fingerprint density at radius 2 is 1.19 bits per heavy atom. The first-order valence-corrected chi connectivity index (χ1v) is 23.2. The summed E-state index contributed by atoms with van der Waals surface area (Å²) in [4.78, 5) is 71.7. The van der Waals surface area contributed by atoms with Crippen LogP contribution in [0.3, 0.4) is 0 Å². The average Bonchev–Trinajstić information content (AvgIpc) is 3.67. The first-order valence-electron chi connectivity index (χ1n) is 20.9. The van der Waals surface area contributed by atoms with Crippen LogP contribution in [0.5, 0.6) is 0 Å². The highest BCUT2D eigenvalue weighted by atomic mass is 79.9. The molecule has 21 heteroatoms. The molecule has 4 atom stereocenters. The van der Waals surface area contributed by atoms with Crippen LogP contribution in [0.4, 0.5) is 0 Å². The lowest BCUT2D eigenvalue weighted by Gasteiger charge is -2.19. The summed E-state index contributed by atoms with van der Waals surface area (Å²) in [7, 11) is -2.36. The highest BCUT2D eigenvalue weighted by Crippen LogP contribution is 2.36. The van der Waals surface area contributed by atoms with Crippen molar-refractivity contribution in [1.29, 1.82) is 0 Å². The first-order chi connectivity index (χ1) is 31.2. The number of Topliss-reactive ketones (excluding diaryl/α,β-unsaturated/α-hetero) is 2. The van der Waals surface area contributed by atoms with Gasteiger partial charge in [-0.25, -0.2) is 4.79 Å². The number of carbonyl (C=O) groups is 6. The molecule has 1 saturated heterocycles. The second-order valence-corrected chi connectivity index (χ2v) is 18.8. The number of carbonyl (C=O) groups excluding carboxylic acids is 5. The molecule has 0 aliphatic carbocycles. The van der Waals surface area contributed by atoms with Gasteiger partial charge in [0.2, 0.25) is 0 Å². The molecule has 0 spiro atoms. The predicted octanol–water partition coefficient (Wildman–Crippen LogP) is 8.61. The van der Waals surface area contributed by atoms with Crippen LogP contribution in [0.25, 0.3) is 0 Å². The third-order valence-corrected chi connectivity index (χ3v) is 11.4. The van der Waals surface area contributed by atoms with Crippen molar-refractivity contribution in [2.45, 2.75) is 77.2 Å². The molecule has 0 unspecified atom stereocenters. The minimum absolute atomic E-state index is 0. The zero-order valence-corrected chi connectivity index (χ0v) is 42.8. The molecule has 4 aromatic rings. The Labute approximate surface area is 424 Å². The van der Waals surface area contributed by atoms with E-state index in [1.807, 2.05) is 45.9 Å². The fraction of sp³-hybridized carbons (Fsp3) is 0.348. The predicted molar refractivity (Wildman–Crippen MR) is 270 cm³/mol. The summed E-state index contributed by atoms with van der Waals surface area (Å²) < 4.78 is 12.8. The normalized spacial score (nSPS) is 14.2. The second kappa shape index (κ2) is 29.8. The number of rotatable bonds is 19. The number of hydrogen-bond donors (Lipinski definition) is 6. The van der Waals surface area contributed by atoms with Gasteiger partial charge in [0.05, 0.1) is 34.3 Å².